The Bertz CT molecular complexity index is 980. The van der Waals surface area contributed by atoms with Gasteiger partial charge < -0.3 is 4.74 Å². The Labute approximate surface area is 180 Å². The largest absolute Gasteiger partial charge is 0.454 e. The van der Waals surface area contributed by atoms with Gasteiger partial charge >= 0.3 is 0 Å². The van der Waals surface area contributed by atoms with E-state index in [-0.39, 0.29) is 0 Å². The monoisotopic (exact) mass is 400 g/mol. The quantitative estimate of drug-likeness (QED) is 0.486. The lowest BCUT2D eigenvalue weighted by molar-refractivity contribution is 0.343. The van der Waals surface area contributed by atoms with Crippen molar-refractivity contribution in [3.05, 3.63) is 81.3 Å². The molecule has 0 aliphatic carbocycles. The molecule has 0 saturated heterocycles. The lowest BCUT2D eigenvalue weighted by atomic mass is 10.0. The standard InChI is InChI=1S/C27H32N2O/c1-16-12-18(3)26(19(4)13-16)28-22(7)24-10-9-11-25(30-24)23(8)29-27-20(5)14-17(2)15-21(27)6/h10-15H,9H2,1-8H3. The van der Waals surface area contributed by atoms with Crippen LogP contribution in [-0.4, -0.2) is 11.4 Å². The first-order chi connectivity index (χ1) is 14.2. The maximum Gasteiger partial charge on any atom is 0.145 e. The van der Waals surface area contributed by atoms with Crippen molar-refractivity contribution in [1.82, 2.24) is 0 Å². The number of aryl methyl sites for hydroxylation is 6. The maximum absolute atomic E-state index is 6.22. The molecule has 30 heavy (non-hydrogen) atoms. The minimum Gasteiger partial charge on any atom is -0.454 e. The van der Waals surface area contributed by atoms with Crippen molar-refractivity contribution in [1.29, 1.82) is 0 Å². The second-order valence-corrected chi connectivity index (χ2v) is 8.36. The van der Waals surface area contributed by atoms with Gasteiger partial charge in [-0.25, -0.2) is 9.98 Å². The Hall–Kier alpha value is -2.94. The first kappa shape index (κ1) is 21.8. The molecule has 3 rings (SSSR count). The summed E-state index contributed by atoms with van der Waals surface area (Å²) in [7, 11) is 0. The number of benzene rings is 2. The molecule has 0 unspecified atom stereocenters. The van der Waals surface area contributed by atoms with Gasteiger partial charge in [0.1, 0.15) is 11.5 Å². The normalized spacial score (nSPS) is 14.9. The van der Waals surface area contributed by atoms with E-state index in [2.05, 4.69) is 78.0 Å². The summed E-state index contributed by atoms with van der Waals surface area (Å²) in [5.41, 5.74) is 11.1. The highest BCUT2D eigenvalue weighted by Gasteiger charge is 2.15. The Balaban J connectivity index is 1.85. The van der Waals surface area contributed by atoms with Gasteiger partial charge in [0.05, 0.1) is 22.8 Å². The molecule has 156 valence electrons. The van der Waals surface area contributed by atoms with Crippen LogP contribution in [0.2, 0.25) is 0 Å². The zero-order valence-electron chi connectivity index (χ0n) is 19.5. The van der Waals surface area contributed by atoms with Crippen molar-refractivity contribution in [2.75, 3.05) is 0 Å². The van der Waals surface area contributed by atoms with Gasteiger partial charge in [-0.15, -0.1) is 0 Å². The van der Waals surface area contributed by atoms with E-state index >= 15 is 0 Å². The topological polar surface area (TPSA) is 34.0 Å². The smallest absolute Gasteiger partial charge is 0.145 e. The number of nitrogens with zero attached hydrogens (tertiary/aromatic N) is 2. The molecule has 1 aliphatic heterocycles. The second kappa shape index (κ2) is 8.83. The molecule has 1 heterocycles. The van der Waals surface area contributed by atoms with E-state index in [9.17, 15) is 0 Å². The van der Waals surface area contributed by atoms with Gasteiger partial charge in [-0.05, 0) is 96.2 Å². The number of allylic oxidation sites excluding steroid dienone is 4. The van der Waals surface area contributed by atoms with Gasteiger partial charge in [0.25, 0.3) is 0 Å². The number of hydrogen-bond acceptors (Lipinski definition) is 3. The Morgan fingerprint density at radius 1 is 0.633 bits per heavy atom. The van der Waals surface area contributed by atoms with Gasteiger partial charge in [0, 0.05) is 0 Å². The molecule has 3 heteroatoms. The molecule has 0 saturated carbocycles. The molecule has 2 aromatic carbocycles. The van der Waals surface area contributed by atoms with Crippen LogP contribution in [0.4, 0.5) is 11.4 Å². The predicted molar refractivity (Wildman–Crippen MR) is 129 cm³/mol. The fraction of sp³-hybridized carbons (Fsp3) is 0.333. The van der Waals surface area contributed by atoms with Crippen LogP contribution in [0, 0.1) is 41.5 Å². The van der Waals surface area contributed by atoms with Crippen LogP contribution < -0.4 is 0 Å². The molecule has 0 amide bonds. The number of ether oxygens (including phenoxy) is 1. The van der Waals surface area contributed by atoms with Crippen LogP contribution in [0.1, 0.15) is 53.6 Å². The molecule has 0 N–H and O–H groups in total. The molecule has 3 nitrogen and oxygen atoms in total. The zero-order chi connectivity index (χ0) is 22.0. The van der Waals surface area contributed by atoms with E-state index in [1.165, 1.54) is 33.4 Å². The van der Waals surface area contributed by atoms with Crippen LogP contribution in [0.5, 0.6) is 0 Å². The molecule has 0 bridgehead atoms. The van der Waals surface area contributed by atoms with Crippen LogP contribution in [0.25, 0.3) is 0 Å². The van der Waals surface area contributed by atoms with Crippen LogP contribution in [0.3, 0.4) is 0 Å². The third-order valence-electron chi connectivity index (χ3n) is 5.37. The van der Waals surface area contributed by atoms with Gasteiger partial charge in [0.2, 0.25) is 0 Å². The van der Waals surface area contributed by atoms with E-state index in [0.29, 0.717) is 0 Å². The summed E-state index contributed by atoms with van der Waals surface area (Å²) < 4.78 is 6.22. The second-order valence-electron chi connectivity index (χ2n) is 8.36. The van der Waals surface area contributed by atoms with Crippen LogP contribution in [0.15, 0.2) is 57.9 Å². The van der Waals surface area contributed by atoms with Crippen LogP contribution >= 0.6 is 0 Å². The van der Waals surface area contributed by atoms with Crippen molar-refractivity contribution in [3.63, 3.8) is 0 Å². The molecule has 0 atom stereocenters. The minimum absolute atomic E-state index is 0.804. The number of rotatable bonds is 4. The zero-order valence-corrected chi connectivity index (χ0v) is 19.5. The van der Waals surface area contributed by atoms with Gasteiger partial charge in [0.15, 0.2) is 0 Å². The summed E-state index contributed by atoms with van der Waals surface area (Å²) in [6, 6.07) is 8.68. The number of hydrogen-bond donors (Lipinski definition) is 0. The van der Waals surface area contributed by atoms with Gasteiger partial charge in [-0.3, -0.25) is 0 Å². The average Bonchev–Trinajstić information content (AvgIpc) is 2.67. The summed E-state index contributed by atoms with van der Waals surface area (Å²) in [6.07, 6.45) is 4.97. The van der Waals surface area contributed by atoms with Gasteiger partial charge in [-0.2, -0.15) is 0 Å². The highest BCUT2D eigenvalue weighted by Crippen LogP contribution is 2.29. The Morgan fingerprint density at radius 2 is 0.967 bits per heavy atom. The van der Waals surface area contributed by atoms with Crippen molar-refractivity contribution in [2.24, 2.45) is 9.98 Å². The fourth-order valence-electron chi connectivity index (χ4n) is 4.06. The summed E-state index contributed by atoms with van der Waals surface area (Å²) in [5, 5.41) is 0. The van der Waals surface area contributed by atoms with E-state index in [1.54, 1.807) is 0 Å². The lowest BCUT2D eigenvalue weighted by Crippen LogP contribution is -2.11. The molecule has 2 aromatic rings. The highest BCUT2D eigenvalue weighted by atomic mass is 16.5. The predicted octanol–water partition coefficient (Wildman–Crippen LogP) is 7.61. The molecule has 0 spiro atoms. The van der Waals surface area contributed by atoms with Crippen molar-refractivity contribution >= 4 is 22.8 Å². The SMILES string of the molecule is CC(=Nc1c(C)cc(C)cc1C)C1=CCC=C(C(C)=Nc2c(C)cc(C)cc2C)O1. The third-order valence-corrected chi connectivity index (χ3v) is 5.37. The third kappa shape index (κ3) is 4.79. The van der Waals surface area contributed by atoms with E-state index < -0.39 is 0 Å². The molecular weight excluding hydrogens is 368 g/mol. The first-order valence-corrected chi connectivity index (χ1v) is 10.5. The van der Waals surface area contributed by atoms with Crippen molar-refractivity contribution < 1.29 is 4.74 Å². The summed E-state index contributed by atoms with van der Waals surface area (Å²) in [6.45, 7) is 16.7. The molecule has 0 radical (unpaired) electrons. The van der Waals surface area contributed by atoms with E-state index in [0.717, 1.165) is 40.7 Å². The van der Waals surface area contributed by atoms with E-state index in [4.69, 9.17) is 14.7 Å². The van der Waals surface area contributed by atoms with Crippen LogP contribution in [-0.2, 0) is 4.74 Å². The molecule has 0 aromatic heterocycles. The molecule has 0 fully saturated rings. The maximum atomic E-state index is 6.22. The first-order valence-electron chi connectivity index (χ1n) is 10.5. The van der Waals surface area contributed by atoms with Crippen molar-refractivity contribution in [2.45, 2.75) is 61.8 Å². The fourth-order valence-corrected chi connectivity index (χ4v) is 4.06. The number of aliphatic imine (C=N–C) groups is 2. The lowest BCUT2D eigenvalue weighted by Gasteiger charge is -2.18. The van der Waals surface area contributed by atoms with Crippen molar-refractivity contribution in [3.8, 4) is 0 Å². The summed E-state index contributed by atoms with van der Waals surface area (Å²) in [5.74, 6) is 1.61. The van der Waals surface area contributed by atoms with E-state index in [1.807, 2.05) is 13.8 Å². The highest BCUT2D eigenvalue weighted by molar-refractivity contribution is 6.02. The molecular formula is C27H32N2O. The Morgan fingerprint density at radius 3 is 1.30 bits per heavy atom. The van der Waals surface area contributed by atoms with Gasteiger partial charge in [-0.1, -0.05) is 35.4 Å². The summed E-state index contributed by atoms with van der Waals surface area (Å²) in [4.78, 5) is 9.79. The summed E-state index contributed by atoms with van der Waals surface area (Å²) >= 11 is 0. The average molecular weight is 401 g/mol. The Kier molecular flexibility index (Phi) is 6.40. The minimum atomic E-state index is 0.804. The molecule has 1 aliphatic rings.